The van der Waals surface area contributed by atoms with Gasteiger partial charge in [-0.2, -0.15) is 0 Å². The summed E-state index contributed by atoms with van der Waals surface area (Å²) in [5.41, 5.74) is 2.24. The van der Waals surface area contributed by atoms with Gasteiger partial charge >= 0.3 is 6.09 Å². The maximum Gasteiger partial charge on any atom is 0.410 e. The molecule has 0 fully saturated rings. The van der Waals surface area contributed by atoms with Crippen molar-refractivity contribution < 1.29 is 15.3 Å². The Balaban J connectivity index is 3.11. The molecule has 27 heavy (non-hydrogen) atoms. The molecule has 0 unspecified atom stereocenters. The number of ether oxygens (including phenoxy) is 1. The summed E-state index contributed by atoms with van der Waals surface area (Å²) in [6.07, 6.45) is -0.861. The van der Waals surface area contributed by atoms with Crippen LogP contribution in [0.3, 0.4) is 0 Å². The quantitative estimate of drug-likeness (QED) is 0.442. The van der Waals surface area contributed by atoms with E-state index in [1.165, 1.54) is 4.90 Å². The Kier molecular flexibility index (Phi) is 8.83. The predicted molar refractivity (Wildman–Crippen MR) is 115 cm³/mol. The van der Waals surface area contributed by atoms with Crippen molar-refractivity contribution in [2.24, 2.45) is 0 Å². The van der Waals surface area contributed by atoms with Gasteiger partial charge < -0.3 is 14.1 Å². The van der Waals surface area contributed by atoms with Crippen molar-refractivity contribution in [3.8, 4) is 0 Å². The highest BCUT2D eigenvalue weighted by Gasteiger charge is 2.46. The molecule has 0 saturated heterocycles. The van der Waals surface area contributed by atoms with Gasteiger partial charge in [-0.05, 0) is 36.0 Å². The number of hydrogen-bond donors (Lipinski definition) is 0. The minimum atomic E-state index is -2.14. The van der Waals surface area contributed by atoms with E-state index in [0.717, 1.165) is 5.56 Å². The zero-order valence-corrected chi connectivity index (χ0v) is 19.4. The predicted octanol–water partition coefficient (Wildman–Crippen LogP) is 6.23. The van der Waals surface area contributed by atoms with Gasteiger partial charge in [0.05, 0.1) is 14.1 Å². The topological polar surface area (TPSA) is 38.8 Å². The summed E-state index contributed by atoms with van der Waals surface area (Å²) in [5.74, 6) is 0. The van der Waals surface area contributed by atoms with Gasteiger partial charge in [-0.25, -0.2) is 4.79 Å². The van der Waals surface area contributed by atoms with Crippen LogP contribution in [-0.4, -0.2) is 38.5 Å². The molecule has 0 aromatic heterocycles. The number of carbonyl (C=O) groups excluding carboxylic acids is 1. The lowest BCUT2D eigenvalue weighted by atomic mass is 10.2. The van der Waals surface area contributed by atoms with Gasteiger partial charge in [-0.1, -0.05) is 71.9 Å². The first-order valence-corrected chi connectivity index (χ1v) is 12.3. The van der Waals surface area contributed by atoms with Crippen LogP contribution in [0.2, 0.25) is 16.6 Å². The average molecular weight is 395 g/mol. The number of hydrogen-bond acceptors (Lipinski definition) is 3. The lowest BCUT2D eigenvalue weighted by molar-refractivity contribution is 0.0795. The fourth-order valence-electron chi connectivity index (χ4n) is 4.18. The van der Waals surface area contributed by atoms with Crippen LogP contribution >= 0.6 is 0 Å². The van der Waals surface area contributed by atoms with Crippen LogP contribution in [0.15, 0.2) is 30.3 Å². The maximum atomic E-state index is 12.6. The van der Waals surface area contributed by atoms with E-state index < -0.39 is 27.0 Å². The fourth-order valence-corrected chi connectivity index (χ4v) is 9.70. The summed E-state index contributed by atoms with van der Waals surface area (Å²) >= 11 is 0. The molecule has 2 atom stereocenters. The molecular weight excluding hydrogens is 354 g/mol. The Bertz CT molecular complexity index is 573. The molecule has 0 saturated carbocycles. The first-order valence-electron chi connectivity index (χ1n) is 10.7. The number of benzene rings is 1. The first-order chi connectivity index (χ1) is 13.1. The molecule has 0 heterocycles. The van der Waals surface area contributed by atoms with Gasteiger partial charge in [0.2, 0.25) is 8.32 Å². The lowest BCUT2D eigenvalue weighted by Crippen LogP contribution is -2.51. The molecule has 1 aromatic carbocycles. The fraction of sp³-hybridized carbons (Fsp3) is 0.682. The van der Waals surface area contributed by atoms with Crippen LogP contribution in [-0.2, 0) is 15.7 Å². The largest absolute Gasteiger partial charge is 0.450 e. The summed E-state index contributed by atoms with van der Waals surface area (Å²) in [7, 11) is -2.14. The molecule has 0 N–H and O–H groups in total. The minimum Gasteiger partial charge on any atom is -0.450 e. The second-order valence-corrected chi connectivity index (χ2v) is 13.5. The molecule has 0 aliphatic carbocycles. The van der Waals surface area contributed by atoms with Crippen molar-refractivity contribution in [2.75, 3.05) is 13.1 Å². The van der Waals surface area contributed by atoms with Gasteiger partial charge in [-0.15, -0.1) is 0 Å². The molecule has 1 amide bonds. The van der Waals surface area contributed by atoms with Crippen LogP contribution < -0.4 is 0 Å². The molecule has 0 aliphatic rings. The van der Waals surface area contributed by atoms with E-state index in [-0.39, 0.29) is 6.61 Å². The number of amides is 1. The monoisotopic (exact) mass is 394 g/mol. The first kappa shape index (κ1) is 22.0. The summed E-state index contributed by atoms with van der Waals surface area (Å²) in [5, 5.41) is 0. The Morgan fingerprint density at radius 2 is 1.56 bits per heavy atom. The zero-order valence-electron chi connectivity index (χ0n) is 19.4. The van der Waals surface area contributed by atoms with E-state index >= 15 is 0 Å². The number of rotatable bonds is 10. The highest BCUT2D eigenvalue weighted by atomic mass is 28.4. The Morgan fingerprint density at radius 3 is 2.00 bits per heavy atom. The van der Waals surface area contributed by atoms with Crippen molar-refractivity contribution in [3.63, 3.8) is 0 Å². The molecular formula is C22H39NO3Si. The number of carbonyl (C=O) groups is 1. The molecule has 1 rings (SSSR count). The Morgan fingerprint density at radius 1 is 1.04 bits per heavy atom. The molecule has 0 spiro atoms. The maximum absolute atomic E-state index is 12.6. The molecule has 154 valence electrons. The van der Waals surface area contributed by atoms with E-state index in [9.17, 15) is 4.79 Å². The molecule has 0 bridgehead atoms. The van der Waals surface area contributed by atoms with Gasteiger partial charge in [0.25, 0.3) is 0 Å². The van der Waals surface area contributed by atoms with E-state index in [2.05, 4.69) is 41.5 Å². The number of nitrogens with zero attached hydrogens (tertiary/aromatic N) is 1. The SMILES string of the molecule is [2H][C@@H]([C@H](C)O[Si](C(C)C)(C(C)C)C(C)C)N(Cc1ccccc1)C(=O)OCC. The third kappa shape index (κ3) is 6.35. The van der Waals surface area contributed by atoms with Gasteiger partial charge in [-0.3, -0.25) is 0 Å². The third-order valence-corrected chi connectivity index (χ3v) is 11.4. The average Bonchev–Trinajstić information content (AvgIpc) is 2.63. The minimum absolute atomic E-state index is 0.286. The lowest BCUT2D eigenvalue weighted by Gasteiger charge is -2.44. The van der Waals surface area contributed by atoms with E-state index in [0.29, 0.717) is 23.2 Å². The van der Waals surface area contributed by atoms with Crippen molar-refractivity contribution in [1.82, 2.24) is 4.90 Å². The van der Waals surface area contributed by atoms with Gasteiger partial charge in [0, 0.05) is 13.1 Å². The van der Waals surface area contributed by atoms with Crippen molar-refractivity contribution in [2.45, 2.75) is 84.7 Å². The van der Waals surface area contributed by atoms with Gasteiger partial charge in [0.15, 0.2) is 0 Å². The van der Waals surface area contributed by atoms with Crippen LogP contribution in [0, 0.1) is 0 Å². The van der Waals surface area contributed by atoms with Crippen LogP contribution in [0.1, 0.15) is 62.3 Å². The molecule has 0 radical (unpaired) electrons. The standard InChI is InChI=1S/C22H39NO3Si/c1-9-25-22(24)23(16-21-13-11-10-12-14-21)15-20(8)26-27(17(2)3,18(4)5)19(6)7/h10-14,17-20H,9,15-16H2,1-8H3/t20-/m0/s1/i15D/t15-,20-. The summed E-state index contributed by atoms with van der Waals surface area (Å²) < 4.78 is 20.8. The van der Waals surface area contributed by atoms with Crippen LogP contribution in [0.25, 0.3) is 0 Å². The van der Waals surface area contributed by atoms with E-state index in [4.69, 9.17) is 10.5 Å². The second-order valence-electron chi connectivity index (χ2n) is 8.10. The summed E-state index contributed by atoms with van der Waals surface area (Å²) in [6, 6.07) is 9.73. The Labute approximate surface area is 168 Å². The summed E-state index contributed by atoms with van der Waals surface area (Å²) in [6.45, 7) is 16.9. The van der Waals surface area contributed by atoms with Crippen LogP contribution in [0.4, 0.5) is 4.79 Å². The van der Waals surface area contributed by atoms with Gasteiger partial charge in [0.1, 0.15) is 0 Å². The van der Waals surface area contributed by atoms with E-state index in [1.807, 2.05) is 37.3 Å². The smallest absolute Gasteiger partial charge is 0.410 e. The van der Waals surface area contributed by atoms with E-state index in [1.54, 1.807) is 6.92 Å². The second kappa shape index (κ2) is 10.9. The summed E-state index contributed by atoms with van der Waals surface area (Å²) in [4.78, 5) is 14.1. The van der Waals surface area contributed by atoms with Crippen molar-refractivity contribution >= 4 is 14.4 Å². The zero-order chi connectivity index (χ0) is 21.5. The van der Waals surface area contributed by atoms with Crippen LogP contribution in [0.5, 0.6) is 0 Å². The molecule has 4 nitrogen and oxygen atoms in total. The third-order valence-electron chi connectivity index (χ3n) is 5.19. The Hall–Kier alpha value is -1.33. The molecule has 0 aliphatic heterocycles. The van der Waals surface area contributed by atoms with Crippen molar-refractivity contribution in [3.05, 3.63) is 35.9 Å². The molecule has 5 heteroatoms. The highest BCUT2D eigenvalue weighted by Crippen LogP contribution is 2.43. The highest BCUT2D eigenvalue weighted by molar-refractivity contribution is 6.77. The normalized spacial score (nSPS) is 15.0. The van der Waals surface area contributed by atoms with Crippen molar-refractivity contribution in [1.29, 1.82) is 0 Å². The molecule has 1 aromatic rings.